The second-order valence-electron chi connectivity index (χ2n) is 5.26. The molecular weight excluding hydrogens is 280 g/mol. The zero-order chi connectivity index (χ0) is 14.2. The van der Waals surface area contributed by atoms with Gasteiger partial charge in [-0.25, -0.2) is 0 Å². The fraction of sp³-hybridized carbons (Fsp3) is 0.615. The molecule has 6 heteroatoms. The molecule has 1 aliphatic heterocycles. The summed E-state index contributed by atoms with van der Waals surface area (Å²) in [6.07, 6.45) is 3.74. The molecule has 0 spiro atoms. The van der Waals surface area contributed by atoms with Gasteiger partial charge in [0.15, 0.2) is 5.78 Å². The van der Waals surface area contributed by atoms with Gasteiger partial charge in [0.25, 0.3) is 0 Å². The van der Waals surface area contributed by atoms with Crippen molar-refractivity contribution in [3.05, 3.63) is 4.88 Å². The van der Waals surface area contributed by atoms with Crippen LogP contribution >= 0.6 is 23.1 Å². The van der Waals surface area contributed by atoms with Gasteiger partial charge in [0, 0.05) is 20.0 Å². The smallest absolute Gasteiger partial charge is 0.171 e. The Morgan fingerprint density at radius 3 is 2.79 bits per heavy atom. The van der Waals surface area contributed by atoms with E-state index in [4.69, 9.17) is 5.73 Å². The number of nitrogens with two attached hydrogens (primary N) is 1. The Labute approximate surface area is 122 Å². The van der Waals surface area contributed by atoms with E-state index in [2.05, 4.69) is 4.90 Å². The van der Waals surface area contributed by atoms with Gasteiger partial charge in [-0.2, -0.15) is 0 Å². The number of anilines is 2. The number of β-amino-alcohol motifs (C(OH)–C–C–N with tert-alkyl or cyclic N) is 1. The molecule has 19 heavy (non-hydrogen) atoms. The van der Waals surface area contributed by atoms with Crippen molar-refractivity contribution in [2.24, 2.45) is 0 Å². The molecule has 106 valence electrons. The zero-order valence-electron chi connectivity index (χ0n) is 11.5. The first-order valence-electron chi connectivity index (χ1n) is 6.30. The Hall–Kier alpha value is -0.720. The normalized spacial score (nSPS) is 23.7. The molecule has 1 aliphatic rings. The Balaban J connectivity index is 2.39. The lowest BCUT2D eigenvalue weighted by Crippen LogP contribution is -2.46. The average Bonchev–Trinajstić information content (AvgIpc) is 2.65. The molecule has 1 unspecified atom stereocenters. The van der Waals surface area contributed by atoms with Crippen LogP contribution in [0.1, 0.15) is 36.4 Å². The third-order valence-corrected chi connectivity index (χ3v) is 5.69. The number of nitrogen functional groups attached to an aromatic ring is 1. The quantitative estimate of drug-likeness (QED) is 0.663. The molecule has 0 bridgehead atoms. The van der Waals surface area contributed by atoms with Gasteiger partial charge in [-0.05, 0) is 26.0 Å². The van der Waals surface area contributed by atoms with Crippen LogP contribution in [-0.4, -0.2) is 35.8 Å². The number of carbonyl (C=O) groups excluding carboxylic acids is 1. The average molecular weight is 300 g/mol. The van der Waals surface area contributed by atoms with Crippen LogP contribution in [-0.2, 0) is 0 Å². The van der Waals surface area contributed by atoms with Crippen molar-refractivity contribution in [2.75, 3.05) is 30.0 Å². The number of piperidine rings is 1. The van der Waals surface area contributed by atoms with Gasteiger partial charge in [0.05, 0.1) is 21.1 Å². The third kappa shape index (κ3) is 2.90. The molecule has 3 N–H and O–H groups in total. The number of nitrogens with zero attached hydrogens (tertiary/aromatic N) is 1. The fourth-order valence-corrected chi connectivity index (χ4v) is 4.58. The Morgan fingerprint density at radius 2 is 2.26 bits per heavy atom. The first-order valence-corrected chi connectivity index (χ1v) is 8.34. The van der Waals surface area contributed by atoms with E-state index in [9.17, 15) is 9.90 Å². The molecule has 2 rings (SSSR count). The van der Waals surface area contributed by atoms with Gasteiger partial charge < -0.3 is 15.7 Å². The number of carbonyl (C=O) groups is 1. The van der Waals surface area contributed by atoms with Gasteiger partial charge in [-0.3, -0.25) is 4.79 Å². The van der Waals surface area contributed by atoms with E-state index >= 15 is 0 Å². The van der Waals surface area contributed by atoms with Crippen LogP contribution in [0.5, 0.6) is 0 Å². The van der Waals surface area contributed by atoms with E-state index in [-0.39, 0.29) is 5.78 Å². The summed E-state index contributed by atoms with van der Waals surface area (Å²) in [5.74, 6) is 0.00724. The lowest BCUT2D eigenvalue weighted by atomic mass is 9.95. The summed E-state index contributed by atoms with van der Waals surface area (Å²) in [5.41, 5.74) is 5.99. The van der Waals surface area contributed by atoms with E-state index in [0.29, 0.717) is 17.1 Å². The molecule has 1 aromatic heterocycles. The topological polar surface area (TPSA) is 66.6 Å². The number of hydrogen-bond donors (Lipinski definition) is 2. The van der Waals surface area contributed by atoms with Crippen molar-refractivity contribution in [1.82, 2.24) is 0 Å². The van der Waals surface area contributed by atoms with E-state index in [0.717, 1.165) is 29.3 Å². The summed E-state index contributed by atoms with van der Waals surface area (Å²) in [6, 6.07) is 0. The molecule has 0 radical (unpaired) electrons. The summed E-state index contributed by atoms with van der Waals surface area (Å²) in [5, 5.41) is 11.2. The molecule has 1 aromatic rings. The molecule has 0 aromatic carbocycles. The molecule has 1 atom stereocenters. The molecule has 0 aliphatic carbocycles. The molecule has 0 saturated carbocycles. The number of Topliss-reactive ketones (excluding diaryl/α,β-unsaturated/α-hetero) is 1. The van der Waals surface area contributed by atoms with E-state index in [1.54, 1.807) is 18.7 Å². The minimum atomic E-state index is -0.664. The molecule has 2 heterocycles. The Kier molecular flexibility index (Phi) is 4.13. The van der Waals surface area contributed by atoms with Crippen LogP contribution in [0, 0.1) is 0 Å². The molecule has 0 amide bonds. The lowest BCUT2D eigenvalue weighted by molar-refractivity contribution is 0.0450. The minimum Gasteiger partial charge on any atom is -0.396 e. The fourth-order valence-electron chi connectivity index (χ4n) is 2.48. The van der Waals surface area contributed by atoms with Gasteiger partial charge in [-0.1, -0.05) is 0 Å². The number of thiophene rings is 1. The summed E-state index contributed by atoms with van der Waals surface area (Å²) >= 11 is 3.01. The number of hydrogen-bond acceptors (Lipinski definition) is 6. The maximum atomic E-state index is 11.6. The van der Waals surface area contributed by atoms with E-state index < -0.39 is 5.60 Å². The highest BCUT2D eigenvalue weighted by Crippen LogP contribution is 2.45. The van der Waals surface area contributed by atoms with Gasteiger partial charge in [-0.15, -0.1) is 23.1 Å². The van der Waals surface area contributed by atoms with Crippen LogP contribution in [0.15, 0.2) is 4.90 Å². The lowest BCUT2D eigenvalue weighted by Gasteiger charge is -2.37. The SMILES string of the molecule is CSc1c(N2CCCC(C)(O)C2)sc(C(C)=O)c1N. The van der Waals surface area contributed by atoms with Crippen molar-refractivity contribution < 1.29 is 9.90 Å². The Morgan fingerprint density at radius 1 is 1.58 bits per heavy atom. The van der Waals surface area contributed by atoms with Crippen LogP contribution in [0.4, 0.5) is 10.7 Å². The van der Waals surface area contributed by atoms with Crippen LogP contribution in [0.3, 0.4) is 0 Å². The highest BCUT2D eigenvalue weighted by molar-refractivity contribution is 7.99. The van der Waals surface area contributed by atoms with Crippen molar-refractivity contribution in [3.8, 4) is 0 Å². The van der Waals surface area contributed by atoms with Crippen molar-refractivity contribution >= 4 is 39.6 Å². The molecule has 1 fully saturated rings. The zero-order valence-corrected chi connectivity index (χ0v) is 13.2. The van der Waals surface area contributed by atoms with Crippen LogP contribution in [0.25, 0.3) is 0 Å². The van der Waals surface area contributed by atoms with Crippen LogP contribution < -0.4 is 10.6 Å². The maximum absolute atomic E-state index is 11.6. The minimum absolute atomic E-state index is 0.00724. The second kappa shape index (κ2) is 5.34. The predicted molar refractivity (Wildman–Crippen MR) is 82.6 cm³/mol. The van der Waals surface area contributed by atoms with Crippen molar-refractivity contribution in [1.29, 1.82) is 0 Å². The predicted octanol–water partition coefficient (Wildman–Crippen LogP) is 2.61. The highest BCUT2D eigenvalue weighted by Gasteiger charge is 2.31. The number of ketones is 1. The first kappa shape index (κ1) is 14.7. The number of rotatable bonds is 3. The third-order valence-electron chi connectivity index (χ3n) is 3.37. The number of aliphatic hydroxyl groups is 1. The summed E-state index contributed by atoms with van der Waals surface area (Å²) in [7, 11) is 0. The number of thioether (sulfide) groups is 1. The van der Waals surface area contributed by atoms with Crippen molar-refractivity contribution in [2.45, 2.75) is 37.2 Å². The van der Waals surface area contributed by atoms with Crippen LogP contribution in [0.2, 0.25) is 0 Å². The summed E-state index contributed by atoms with van der Waals surface area (Å²) < 4.78 is 0. The second-order valence-corrected chi connectivity index (χ2v) is 7.08. The van der Waals surface area contributed by atoms with E-state index in [1.165, 1.54) is 11.3 Å². The summed E-state index contributed by atoms with van der Waals surface area (Å²) in [4.78, 5) is 15.4. The Bertz CT molecular complexity index is 497. The van der Waals surface area contributed by atoms with Gasteiger partial charge in [0.2, 0.25) is 0 Å². The van der Waals surface area contributed by atoms with Crippen molar-refractivity contribution in [3.63, 3.8) is 0 Å². The van der Waals surface area contributed by atoms with E-state index in [1.807, 2.05) is 13.2 Å². The standard InChI is InChI=1S/C13H20N2O2S2/c1-8(16)10-9(14)11(18-3)12(19-10)15-6-4-5-13(2,17)7-15/h17H,4-7,14H2,1-3H3. The molecule has 4 nitrogen and oxygen atoms in total. The summed E-state index contributed by atoms with van der Waals surface area (Å²) in [6.45, 7) is 4.90. The molecule has 1 saturated heterocycles. The first-order chi connectivity index (χ1) is 8.85. The largest absolute Gasteiger partial charge is 0.396 e. The molecular formula is C13H20N2O2S2. The van der Waals surface area contributed by atoms with Gasteiger partial charge in [0.1, 0.15) is 5.00 Å². The monoisotopic (exact) mass is 300 g/mol. The van der Waals surface area contributed by atoms with Gasteiger partial charge >= 0.3 is 0 Å². The highest BCUT2D eigenvalue weighted by atomic mass is 32.2. The maximum Gasteiger partial charge on any atom is 0.171 e.